The molecule has 1 N–H and O–H groups in total. The number of aromatic amines is 1. The number of aromatic nitrogens is 3. The molecule has 138 valence electrons. The highest BCUT2D eigenvalue weighted by molar-refractivity contribution is 5.98. The van der Waals surface area contributed by atoms with Crippen LogP contribution in [0.15, 0.2) is 30.3 Å². The lowest BCUT2D eigenvalue weighted by molar-refractivity contribution is 0.0726. The second-order valence-electron chi connectivity index (χ2n) is 7.46. The summed E-state index contributed by atoms with van der Waals surface area (Å²) in [5.74, 6) is 1.92. The molecule has 1 amide bonds. The van der Waals surface area contributed by atoms with Crippen LogP contribution in [0.1, 0.15) is 40.4 Å². The van der Waals surface area contributed by atoms with E-state index in [2.05, 4.69) is 14.9 Å². The van der Waals surface area contributed by atoms with Crippen LogP contribution in [0.2, 0.25) is 0 Å². The van der Waals surface area contributed by atoms with Gasteiger partial charge in [0, 0.05) is 36.1 Å². The van der Waals surface area contributed by atoms with Crippen molar-refractivity contribution in [1.82, 2.24) is 19.9 Å². The number of nitrogens with zero attached hydrogens (tertiary/aromatic N) is 4. The van der Waals surface area contributed by atoms with Gasteiger partial charge in [-0.15, -0.1) is 0 Å². The molecule has 4 heterocycles. The molecule has 6 nitrogen and oxygen atoms in total. The molecule has 0 aliphatic carbocycles. The van der Waals surface area contributed by atoms with Gasteiger partial charge in [0.1, 0.15) is 17.3 Å². The molecule has 2 aliphatic rings. The van der Waals surface area contributed by atoms with Crippen molar-refractivity contribution < 1.29 is 4.79 Å². The Kier molecular flexibility index (Phi) is 3.85. The Morgan fingerprint density at radius 2 is 1.93 bits per heavy atom. The lowest BCUT2D eigenvalue weighted by Gasteiger charge is -2.31. The number of hydrogen-bond donors (Lipinski definition) is 1. The van der Waals surface area contributed by atoms with Crippen LogP contribution in [-0.2, 0) is 13.0 Å². The summed E-state index contributed by atoms with van der Waals surface area (Å²) in [6, 6.07) is 9.92. The third-order valence-corrected chi connectivity index (χ3v) is 5.61. The fourth-order valence-electron chi connectivity index (χ4n) is 4.25. The molecule has 0 spiro atoms. The molecular formula is C21H23N5O. The predicted molar refractivity (Wildman–Crippen MR) is 105 cm³/mol. The van der Waals surface area contributed by atoms with Crippen molar-refractivity contribution in [2.45, 2.75) is 32.7 Å². The first-order valence-electron chi connectivity index (χ1n) is 9.67. The molecular weight excluding hydrogens is 338 g/mol. The number of aryl methyl sites for hydroxylation is 1. The highest BCUT2D eigenvalue weighted by Gasteiger charge is 2.28. The van der Waals surface area contributed by atoms with Gasteiger partial charge < -0.3 is 14.8 Å². The Balaban J connectivity index is 1.44. The van der Waals surface area contributed by atoms with Crippen LogP contribution < -0.4 is 4.90 Å². The Labute approximate surface area is 158 Å². The Hall–Kier alpha value is -2.89. The number of para-hydroxylation sites is 1. The van der Waals surface area contributed by atoms with E-state index in [4.69, 9.17) is 4.98 Å². The van der Waals surface area contributed by atoms with Gasteiger partial charge in [-0.1, -0.05) is 18.2 Å². The average molecular weight is 361 g/mol. The van der Waals surface area contributed by atoms with Crippen molar-refractivity contribution >= 4 is 22.6 Å². The van der Waals surface area contributed by atoms with Crippen LogP contribution >= 0.6 is 0 Å². The first-order chi connectivity index (χ1) is 13.2. The van der Waals surface area contributed by atoms with Gasteiger partial charge >= 0.3 is 0 Å². The van der Waals surface area contributed by atoms with Crippen molar-refractivity contribution in [2.24, 2.45) is 0 Å². The minimum absolute atomic E-state index is 0.0378. The number of carbonyl (C=O) groups is 1. The molecule has 0 atom stereocenters. The molecule has 0 radical (unpaired) electrons. The summed E-state index contributed by atoms with van der Waals surface area (Å²) >= 11 is 0. The Morgan fingerprint density at radius 3 is 2.74 bits per heavy atom. The van der Waals surface area contributed by atoms with E-state index in [0.29, 0.717) is 18.8 Å². The van der Waals surface area contributed by atoms with Gasteiger partial charge in [-0.2, -0.15) is 0 Å². The van der Waals surface area contributed by atoms with E-state index in [1.807, 2.05) is 42.2 Å². The molecule has 3 aromatic rings. The summed E-state index contributed by atoms with van der Waals surface area (Å²) in [5.41, 5.74) is 3.86. The van der Waals surface area contributed by atoms with Crippen molar-refractivity contribution in [3.63, 3.8) is 0 Å². The lowest BCUT2D eigenvalue weighted by atomic mass is 10.0. The fraction of sp³-hybridized carbons (Fsp3) is 0.381. The maximum absolute atomic E-state index is 13.0. The molecule has 0 bridgehead atoms. The molecule has 6 heteroatoms. The van der Waals surface area contributed by atoms with Crippen LogP contribution in [0, 0.1) is 6.92 Å². The van der Waals surface area contributed by atoms with Crippen LogP contribution in [0.5, 0.6) is 0 Å². The number of H-pyrrole nitrogens is 1. The van der Waals surface area contributed by atoms with E-state index < -0.39 is 0 Å². The lowest BCUT2D eigenvalue weighted by Crippen LogP contribution is -2.38. The number of fused-ring (bicyclic) bond motifs is 2. The van der Waals surface area contributed by atoms with Crippen molar-refractivity contribution in [3.8, 4) is 0 Å². The number of amides is 1. The van der Waals surface area contributed by atoms with Gasteiger partial charge in [-0.3, -0.25) is 4.79 Å². The van der Waals surface area contributed by atoms with E-state index in [1.165, 1.54) is 18.4 Å². The van der Waals surface area contributed by atoms with Crippen molar-refractivity contribution in [2.75, 3.05) is 24.5 Å². The van der Waals surface area contributed by atoms with Crippen LogP contribution in [0.3, 0.4) is 0 Å². The molecule has 2 aliphatic heterocycles. The van der Waals surface area contributed by atoms with Gasteiger partial charge in [0.15, 0.2) is 0 Å². The second-order valence-corrected chi connectivity index (χ2v) is 7.46. The van der Waals surface area contributed by atoms with Crippen molar-refractivity contribution in [3.05, 3.63) is 53.1 Å². The van der Waals surface area contributed by atoms with Crippen LogP contribution in [0.25, 0.3) is 10.9 Å². The Morgan fingerprint density at radius 1 is 1.11 bits per heavy atom. The van der Waals surface area contributed by atoms with Gasteiger partial charge in [0.05, 0.1) is 12.2 Å². The third kappa shape index (κ3) is 2.85. The minimum atomic E-state index is 0.0378. The zero-order valence-corrected chi connectivity index (χ0v) is 15.5. The second kappa shape index (κ2) is 6.37. The van der Waals surface area contributed by atoms with Gasteiger partial charge in [0.25, 0.3) is 5.91 Å². The molecule has 1 aromatic carbocycles. The number of nitrogens with one attached hydrogen (secondary N) is 1. The van der Waals surface area contributed by atoms with E-state index in [1.54, 1.807) is 0 Å². The summed E-state index contributed by atoms with van der Waals surface area (Å²) in [5, 5.41) is 1.06. The monoisotopic (exact) mass is 361 g/mol. The van der Waals surface area contributed by atoms with Gasteiger partial charge in [-0.25, -0.2) is 9.97 Å². The number of rotatable bonds is 2. The molecule has 0 unspecified atom stereocenters. The molecule has 27 heavy (non-hydrogen) atoms. The molecule has 5 rings (SSSR count). The summed E-state index contributed by atoms with van der Waals surface area (Å²) in [7, 11) is 0. The predicted octanol–water partition coefficient (Wildman–Crippen LogP) is 3.07. The quantitative estimate of drug-likeness (QED) is 0.762. The van der Waals surface area contributed by atoms with Crippen LogP contribution in [0.4, 0.5) is 5.82 Å². The number of hydrogen-bond acceptors (Lipinski definition) is 4. The summed E-state index contributed by atoms with van der Waals surface area (Å²) < 4.78 is 0. The summed E-state index contributed by atoms with van der Waals surface area (Å²) in [6.45, 7) is 5.34. The highest BCUT2D eigenvalue weighted by Crippen LogP contribution is 2.29. The topological polar surface area (TPSA) is 65.1 Å². The van der Waals surface area contributed by atoms with E-state index >= 15 is 0 Å². The Bertz CT molecular complexity index is 986. The van der Waals surface area contributed by atoms with Gasteiger partial charge in [0.2, 0.25) is 0 Å². The minimum Gasteiger partial charge on any atom is -0.356 e. The number of carbonyl (C=O) groups excluding carboxylic acids is 1. The summed E-state index contributed by atoms with van der Waals surface area (Å²) in [4.78, 5) is 30.0. The molecule has 2 aromatic heterocycles. The molecule has 1 fully saturated rings. The van der Waals surface area contributed by atoms with Gasteiger partial charge in [-0.05, 0) is 38.3 Å². The van der Waals surface area contributed by atoms with E-state index in [9.17, 15) is 4.79 Å². The number of anilines is 1. The first-order valence-corrected chi connectivity index (χ1v) is 9.67. The van der Waals surface area contributed by atoms with Crippen LogP contribution in [-0.4, -0.2) is 45.4 Å². The standard InChI is InChI=1S/C21H23N5O/c1-14-22-19-13-26(11-8-16(19)20(23-14)25-9-4-5-10-25)21(27)18-12-15-6-2-3-7-17(15)24-18/h2-3,6-7,12,24H,4-5,8-11,13H2,1H3. The van der Waals surface area contributed by atoms with Crippen molar-refractivity contribution in [1.29, 1.82) is 0 Å². The van der Waals surface area contributed by atoms with E-state index in [0.717, 1.165) is 47.7 Å². The fourth-order valence-corrected chi connectivity index (χ4v) is 4.25. The smallest absolute Gasteiger partial charge is 0.270 e. The zero-order chi connectivity index (χ0) is 18.4. The maximum Gasteiger partial charge on any atom is 0.270 e. The average Bonchev–Trinajstić information content (AvgIpc) is 3.35. The maximum atomic E-state index is 13.0. The number of benzene rings is 1. The SMILES string of the molecule is Cc1nc2c(c(N3CCCC3)n1)CCN(C(=O)c1cc3ccccc3[nH]1)C2. The largest absolute Gasteiger partial charge is 0.356 e. The molecule has 0 saturated carbocycles. The molecule has 1 saturated heterocycles. The normalized spacial score (nSPS) is 16.8. The third-order valence-electron chi connectivity index (χ3n) is 5.61. The first kappa shape index (κ1) is 16.3. The zero-order valence-electron chi connectivity index (χ0n) is 15.5. The highest BCUT2D eigenvalue weighted by atomic mass is 16.2. The summed E-state index contributed by atoms with van der Waals surface area (Å²) in [6.07, 6.45) is 3.26. The van der Waals surface area contributed by atoms with E-state index in [-0.39, 0.29) is 5.91 Å².